The van der Waals surface area contributed by atoms with Crippen LogP contribution in [0.15, 0.2) is 73.2 Å². The third kappa shape index (κ3) is 6.36. The molecule has 0 aliphatic carbocycles. The van der Waals surface area contributed by atoms with Gasteiger partial charge in [0.05, 0.1) is 11.6 Å². The third-order valence-electron chi connectivity index (χ3n) is 6.36. The van der Waals surface area contributed by atoms with E-state index in [2.05, 4.69) is 33.9 Å². The Morgan fingerprint density at radius 1 is 1.11 bits per heavy atom. The van der Waals surface area contributed by atoms with Crippen LogP contribution in [0.25, 0.3) is 5.69 Å². The average molecular weight is 494 g/mol. The van der Waals surface area contributed by atoms with Gasteiger partial charge in [-0.05, 0) is 90.6 Å². The van der Waals surface area contributed by atoms with Crippen molar-refractivity contribution in [3.8, 4) is 11.8 Å². The van der Waals surface area contributed by atoms with Crippen molar-refractivity contribution in [3.05, 3.63) is 107 Å². The summed E-state index contributed by atoms with van der Waals surface area (Å²) in [7, 11) is 0. The Balaban J connectivity index is 1.43. The Bertz CT molecular complexity index is 1430. The Labute approximate surface area is 217 Å². The number of hydrogen-bond donors (Lipinski definition) is 3. The lowest BCUT2D eigenvalue weighted by Crippen LogP contribution is -2.32. The van der Waals surface area contributed by atoms with Crippen LogP contribution in [0.5, 0.6) is 0 Å². The van der Waals surface area contributed by atoms with Gasteiger partial charge in [-0.15, -0.1) is 0 Å². The number of carboxylic acid groups (broad SMARTS) is 1. The first-order valence-corrected chi connectivity index (χ1v) is 12.3. The fraction of sp³-hybridized carbons (Fsp3) is 0.233. The van der Waals surface area contributed by atoms with Crippen molar-refractivity contribution >= 4 is 17.5 Å². The van der Waals surface area contributed by atoms with Crippen LogP contribution in [0.2, 0.25) is 0 Å². The highest BCUT2D eigenvalue weighted by Crippen LogP contribution is 2.25. The molecule has 0 aliphatic rings. The quantitative estimate of drug-likeness (QED) is 0.264. The van der Waals surface area contributed by atoms with Crippen molar-refractivity contribution in [2.24, 2.45) is 0 Å². The van der Waals surface area contributed by atoms with Gasteiger partial charge in [0, 0.05) is 42.9 Å². The van der Waals surface area contributed by atoms with Crippen LogP contribution in [0.1, 0.15) is 40.3 Å². The number of pyridine rings is 1. The molecule has 1 atom stereocenters. The molecule has 0 bridgehead atoms. The van der Waals surface area contributed by atoms with E-state index < -0.39 is 12.0 Å². The van der Waals surface area contributed by atoms with Gasteiger partial charge in [-0.1, -0.05) is 19.1 Å². The monoisotopic (exact) mass is 493 g/mol. The van der Waals surface area contributed by atoms with Gasteiger partial charge < -0.3 is 20.3 Å². The molecule has 0 spiro atoms. The molecule has 2 aromatic heterocycles. The SMILES string of the molecule is CCc1cc(C#N)cc(C)c1NC(Cc1ccc(-n2ccc(CNc3cc(C)ccn3)c2)cc1)C(=O)O. The molecule has 0 radical (unpaired) electrons. The van der Waals surface area contributed by atoms with Crippen molar-refractivity contribution < 1.29 is 9.90 Å². The molecule has 7 heteroatoms. The average Bonchev–Trinajstić information content (AvgIpc) is 3.37. The van der Waals surface area contributed by atoms with E-state index in [-0.39, 0.29) is 0 Å². The molecular weight excluding hydrogens is 462 g/mol. The summed E-state index contributed by atoms with van der Waals surface area (Å²) in [5.41, 5.74) is 7.40. The summed E-state index contributed by atoms with van der Waals surface area (Å²) < 4.78 is 2.05. The summed E-state index contributed by atoms with van der Waals surface area (Å²) in [5.74, 6) is -0.0681. The third-order valence-corrected chi connectivity index (χ3v) is 6.36. The van der Waals surface area contributed by atoms with Crippen LogP contribution in [0, 0.1) is 25.2 Å². The molecule has 2 aromatic carbocycles. The number of aryl methyl sites for hydroxylation is 3. The zero-order valence-corrected chi connectivity index (χ0v) is 21.3. The number of aromatic nitrogens is 2. The first-order chi connectivity index (χ1) is 17.9. The van der Waals surface area contributed by atoms with E-state index in [4.69, 9.17) is 0 Å². The summed E-state index contributed by atoms with van der Waals surface area (Å²) >= 11 is 0. The van der Waals surface area contributed by atoms with Crippen LogP contribution >= 0.6 is 0 Å². The Hall–Kier alpha value is -4.57. The van der Waals surface area contributed by atoms with Crippen LogP contribution in [-0.2, 0) is 24.2 Å². The van der Waals surface area contributed by atoms with Gasteiger partial charge in [0.25, 0.3) is 0 Å². The number of carbonyl (C=O) groups is 1. The van der Waals surface area contributed by atoms with E-state index in [1.54, 1.807) is 12.3 Å². The molecule has 0 saturated carbocycles. The fourth-order valence-corrected chi connectivity index (χ4v) is 4.36. The molecule has 188 valence electrons. The lowest BCUT2D eigenvalue weighted by Gasteiger charge is -2.20. The number of aliphatic carboxylic acids is 1. The minimum Gasteiger partial charge on any atom is -0.480 e. The summed E-state index contributed by atoms with van der Waals surface area (Å²) in [6.07, 6.45) is 6.91. The summed E-state index contributed by atoms with van der Waals surface area (Å²) in [6, 6.07) is 19.0. The van der Waals surface area contributed by atoms with E-state index in [0.29, 0.717) is 24.9 Å². The Morgan fingerprint density at radius 2 is 1.89 bits per heavy atom. The van der Waals surface area contributed by atoms with Crippen molar-refractivity contribution in [3.63, 3.8) is 0 Å². The zero-order chi connectivity index (χ0) is 26.4. The van der Waals surface area contributed by atoms with E-state index in [9.17, 15) is 15.2 Å². The van der Waals surface area contributed by atoms with E-state index in [0.717, 1.165) is 45.0 Å². The van der Waals surface area contributed by atoms with E-state index in [1.807, 2.05) is 74.0 Å². The Kier molecular flexibility index (Phi) is 7.89. The smallest absolute Gasteiger partial charge is 0.326 e. The normalized spacial score (nSPS) is 11.5. The van der Waals surface area contributed by atoms with Gasteiger partial charge >= 0.3 is 5.97 Å². The predicted octanol–water partition coefficient (Wildman–Crippen LogP) is 5.64. The summed E-state index contributed by atoms with van der Waals surface area (Å²) in [6.45, 7) is 6.60. The summed E-state index contributed by atoms with van der Waals surface area (Å²) in [5, 5.41) is 25.7. The highest BCUT2D eigenvalue weighted by atomic mass is 16.4. The second-order valence-electron chi connectivity index (χ2n) is 9.20. The van der Waals surface area contributed by atoms with Crippen molar-refractivity contribution in [2.45, 2.75) is 46.2 Å². The van der Waals surface area contributed by atoms with Crippen LogP contribution < -0.4 is 10.6 Å². The minimum atomic E-state index is -0.916. The lowest BCUT2D eigenvalue weighted by molar-refractivity contribution is -0.137. The van der Waals surface area contributed by atoms with Gasteiger partial charge in [0.1, 0.15) is 11.9 Å². The topological polar surface area (TPSA) is 103 Å². The van der Waals surface area contributed by atoms with Crippen molar-refractivity contribution in [1.29, 1.82) is 5.26 Å². The molecule has 3 N–H and O–H groups in total. The highest BCUT2D eigenvalue weighted by molar-refractivity contribution is 5.79. The highest BCUT2D eigenvalue weighted by Gasteiger charge is 2.20. The standard InChI is InChI=1S/C30H31N5O2/c1-4-25-15-24(17-31)14-21(3)29(25)34-27(30(36)37)16-22-5-7-26(8-6-22)35-12-10-23(19-35)18-33-28-13-20(2)9-11-32-28/h5-15,19,27,34H,4,16,18H2,1-3H3,(H,32,33)(H,36,37). The zero-order valence-electron chi connectivity index (χ0n) is 21.3. The number of benzene rings is 2. The second kappa shape index (κ2) is 11.4. The lowest BCUT2D eigenvalue weighted by atomic mass is 9.99. The van der Waals surface area contributed by atoms with E-state index in [1.165, 1.54) is 0 Å². The first-order valence-electron chi connectivity index (χ1n) is 12.3. The number of nitriles is 1. The molecule has 0 saturated heterocycles. The molecule has 2 heterocycles. The minimum absolute atomic E-state index is 0.336. The maximum atomic E-state index is 12.1. The van der Waals surface area contributed by atoms with Crippen LogP contribution in [-0.4, -0.2) is 26.7 Å². The van der Waals surface area contributed by atoms with Crippen molar-refractivity contribution in [1.82, 2.24) is 9.55 Å². The van der Waals surface area contributed by atoms with Gasteiger partial charge in [-0.2, -0.15) is 5.26 Å². The molecular formula is C30H31N5O2. The number of nitrogens with zero attached hydrogens (tertiary/aromatic N) is 3. The maximum absolute atomic E-state index is 12.1. The van der Waals surface area contributed by atoms with Crippen molar-refractivity contribution in [2.75, 3.05) is 10.6 Å². The molecule has 1 unspecified atom stereocenters. The number of nitrogens with one attached hydrogen (secondary N) is 2. The van der Waals surface area contributed by atoms with Gasteiger partial charge in [-0.3, -0.25) is 0 Å². The molecule has 0 aliphatic heterocycles. The first kappa shape index (κ1) is 25.5. The molecule has 4 rings (SSSR count). The number of carboxylic acids is 1. The Morgan fingerprint density at radius 3 is 2.57 bits per heavy atom. The largest absolute Gasteiger partial charge is 0.480 e. The molecule has 4 aromatic rings. The van der Waals surface area contributed by atoms with Crippen LogP contribution in [0.4, 0.5) is 11.5 Å². The van der Waals surface area contributed by atoms with Gasteiger partial charge in [0.15, 0.2) is 0 Å². The fourth-order valence-electron chi connectivity index (χ4n) is 4.36. The van der Waals surface area contributed by atoms with Gasteiger partial charge in [0.2, 0.25) is 0 Å². The molecule has 0 fully saturated rings. The number of anilines is 2. The second-order valence-corrected chi connectivity index (χ2v) is 9.20. The molecule has 37 heavy (non-hydrogen) atoms. The van der Waals surface area contributed by atoms with Crippen LogP contribution in [0.3, 0.4) is 0 Å². The number of hydrogen-bond acceptors (Lipinski definition) is 5. The number of rotatable bonds is 10. The maximum Gasteiger partial charge on any atom is 0.326 e. The molecule has 7 nitrogen and oxygen atoms in total. The van der Waals surface area contributed by atoms with Gasteiger partial charge in [-0.25, -0.2) is 9.78 Å². The molecule has 0 amide bonds. The predicted molar refractivity (Wildman–Crippen MR) is 146 cm³/mol. The summed E-state index contributed by atoms with van der Waals surface area (Å²) in [4.78, 5) is 16.4. The van der Waals surface area contributed by atoms with E-state index >= 15 is 0 Å².